The highest BCUT2D eigenvalue weighted by Gasteiger charge is 2.39. The summed E-state index contributed by atoms with van der Waals surface area (Å²) >= 11 is 18.6. The lowest BCUT2D eigenvalue weighted by atomic mass is 9.68. The molecule has 178 valence electrons. The molecule has 0 aromatic heterocycles. The van der Waals surface area contributed by atoms with E-state index in [0.29, 0.717) is 22.2 Å². The van der Waals surface area contributed by atoms with Crippen LogP contribution in [0.4, 0.5) is 0 Å². The zero-order chi connectivity index (χ0) is 24.6. The Hall–Kier alpha value is -2.02. The lowest BCUT2D eigenvalue weighted by Gasteiger charge is -2.41. The first-order valence-corrected chi connectivity index (χ1v) is 12.9. The van der Waals surface area contributed by atoms with Crippen molar-refractivity contribution in [2.75, 3.05) is 0 Å². The van der Waals surface area contributed by atoms with Gasteiger partial charge in [0.2, 0.25) is 0 Å². The van der Waals surface area contributed by atoms with Crippen molar-refractivity contribution in [3.05, 3.63) is 104 Å². The molecule has 0 heterocycles. The Bertz CT molecular complexity index is 1120. The first kappa shape index (κ1) is 26.6. The largest absolute Gasteiger partial charge is 0.373 e. The second-order valence-corrected chi connectivity index (χ2v) is 9.93. The third-order valence-corrected chi connectivity index (χ3v) is 7.44. The van der Waals surface area contributed by atoms with Gasteiger partial charge in [-0.25, -0.2) is 0 Å². The maximum Gasteiger partial charge on any atom is 0.0991 e. The summed E-state index contributed by atoms with van der Waals surface area (Å²) in [6.07, 6.45) is 4.60. The molecule has 0 saturated heterocycles. The van der Waals surface area contributed by atoms with Crippen LogP contribution in [0.3, 0.4) is 0 Å². The van der Waals surface area contributed by atoms with Crippen LogP contribution in [0.2, 0.25) is 15.1 Å². The maximum atomic E-state index is 9.32. The normalized spacial score (nSPS) is 13.8. The zero-order valence-electron chi connectivity index (χ0n) is 19.7. The summed E-state index contributed by atoms with van der Waals surface area (Å²) in [6, 6.07) is 23.9. The van der Waals surface area contributed by atoms with Gasteiger partial charge >= 0.3 is 0 Å². The minimum absolute atomic E-state index is 0.0118. The molecule has 0 spiro atoms. The van der Waals surface area contributed by atoms with Gasteiger partial charge in [0.15, 0.2) is 0 Å². The molecule has 0 saturated carbocycles. The van der Waals surface area contributed by atoms with Crippen LogP contribution in [0.25, 0.3) is 0 Å². The summed E-state index contributed by atoms with van der Waals surface area (Å²) in [7, 11) is 0. The van der Waals surface area contributed by atoms with Gasteiger partial charge < -0.3 is 4.74 Å². The summed E-state index contributed by atoms with van der Waals surface area (Å²) in [5.74, 6) is 0. The number of nitrogens with zero attached hydrogens (tertiary/aromatic N) is 1. The molecular weight excluding hydrogens is 485 g/mol. The number of hydrogen-bond donors (Lipinski definition) is 0. The van der Waals surface area contributed by atoms with Gasteiger partial charge in [0.25, 0.3) is 0 Å². The molecular formula is C29H30Cl3NO. The fourth-order valence-corrected chi connectivity index (χ4v) is 5.25. The molecule has 3 aromatic carbocycles. The lowest BCUT2D eigenvalue weighted by molar-refractivity contribution is -0.0251. The van der Waals surface area contributed by atoms with E-state index in [0.717, 1.165) is 48.3 Å². The summed E-state index contributed by atoms with van der Waals surface area (Å²) in [4.78, 5) is 0. The van der Waals surface area contributed by atoms with E-state index in [9.17, 15) is 5.26 Å². The highest BCUT2D eigenvalue weighted by molar-refractivity contribution is 6.42. The van der Waals surface area contributed by atoms with Gasteiger partial charge in [0.1, 0.15) is 0 Å². The smallest absolute Gasteiger partial charge is 0.0991 e. The van der Waals surface area contributed by atoms with E-state index in [1.165, 1.54) is 5.56 Å². The fraction of sp³-hybridized carbons (Fsp3) is 0.345. The number of benzene rings is 3. The van der Waals surface area contributed by atoms with Gasteiger partial charge in [0.05, 0.1) is 34.4 Å². The van der Waals surface area contributed by atoms with E-state index in [2.05, 4.69) is 38.1 Å². The molecule has 2 unspecified atom stereocenters. The Morgan fingerprint density at radius 1 is 0.882 bits per heavy atom. The minimum atomic E-state index is -0.201. The van der Waals surface area contributed by atoms with Gasteiger partial charge in [-0.05, 0) is 78.8 Å². The molecule has 2 nitrogen and oxygen atoms in total. The topological polar surface area (TPSA) is 33.0 Å². The van der Waals surface area contributed by atoms with Crippen molar-refractivity contribution in [2.24, 2.45) is 0 Å². The molecule has 2 atom stereocenters. The predicted octanol–water partition coefficient (Wildman–Crippen LogP) is 9.18. The van der Waals surface area contributed by atoms with Crippen molar-refractivity contribution in [3.8, 4) is 6.07 Å². The molecule has 3 rings (SSSR count). The van der Waals surface area contributed by atoms with E-state index < -0.39 is 0 Å². The van der Waals surface area contributed by atoms with Crippen LogP contribution < -0.4 is 0 Å². The standard InChI is InChI=1S/C29H30Cl3NO/c1-3-15-29(24-9-11-25(30)12-10-24,16-14-21-6-5-7-22(17-21)19-33)28(4-2)34-20-23-8-13-26(31)27(32)18-23/h5-13,17-18,28H,3-4,14-16,20H2,1-2H3. The van der Waals surface area contributed by atoms with Crippen LogP contribution in [-0.4, -0.2) is 6.10 Å². The number of halogens is 3. The Morgan fingerprint density at radius 2 is 1.65 bits per heavy atom. The summed E-state index contributed by atoms with van der Waals surface area (Å²) in [6.45, 7) is 4.85. The third-order valence-electron chi connectivity index (χ3n) is 6.45. The molecule has 0 amide bonds. The van der Waals surface area contributed by atoms with E-state index in [4.69, 9.17) is 39.5 Å². The van der Waals surface area contributed by atoms with Gasteiger partial charge in [-0.3, -0.25) is 0 Å². The predicted molar refractivity (Wildman–Crippen MR) is 143 cm³/mol. The molecule has 34 heavy (non-hydrogen) atoms. The average molecular weight is 515 g/mol. The first-order chi connectivity index (χ1) is 16.4. The van der Waals surface area contributed by atoms with Crippen LogP contribution in [-0.2, 0) is 23.2 Å². The van der Waals surface area contributed by atoms with Gasteiger partial charge in [-0.2, -0.15) is 5.26 Å². The van der Waals surface area contributed by atoms with Gasteiger partial charge in [-0.1, -0.05) is 85.4 Å². The molecule has 0 bridgehead atoms. The van der Waals surface area contributed by atoms with Crippen LogP contribution in [0, 0.1) is 11.3 Å². The van der Waals surface area contributed by atoms with Crippen LogP contribution in [0.5, 0.6) is 0 Å². The van der Waals surface area contributed by atoms with E-state index in [1.54, 1.807) is 0 Å². The Balaban J connectivity index is 1.95. The number of ether oxygens (including phenoxy) is 1. The molecule has 0 aliphatic heterocycles. The third kappa shape index (κ3) is 6.55. The molecule has 0 aliphatic carbocycles. The van der Waals surface area contributed by atoms with Crippen LogP contribution >= 0.6 is 34.8 Å². The lowest BCUT2D eigenvalue weighted by Crippen LogP contribution is -2.41. The van der Waals surface area contributed by atoms with Crippen LogP contribution in [0.15, 0.2) is 66.7 Å². The van der Waals surface area contributed by atoms with Crippen molar-refractivity contribution in [2.45, 2.75) is 64.1 Å². The van der Waals surface area contributed by atoms with Gasteiger partial charge in [-0.15, -0.1) is 0 Å². The number of nitriles is 1. The Labute approximate surface area is 218 Å². The SMILES string of the molecule is CCCC(CCc1cccc(C#N)c1)(c1ccc(Cl)cc1)C(CC)OCc1ccc(Cl)c(Cl)c1. The summed E-state index contributed by atoms with van der Waals surface area (Å²) in [5, 5.41) is 11.1. The number of hydrogen-bond acceptors (Lipinski definition) is 2. The fourth-order valence-electron chi connectivity index (χ4n) is 4.81. The number of aryl methyl sites for hydroxylation is 1. The summed E-state index contributed by atoms with van der Waals surface area (Å²) < 4.78 is 6.62. The molecule has 0 aliphatic rings. The van der Waals surface area contributed by atoms with E-state index in [-0.39, 0.29) is 11.5 Å². The highest BCUT2D eigenvalue weighted by Crippen LogP contribution is 2.41. The Kier molecular flexibility index (Phi) is 9.86. The van der Waals surface area contributed by atoms with Crippen LogP contribution in [0.1, 0.15) is 61.8 Å². The molecule has 3 aromatic rings. The quantitative estimate of drug-likeness (QED) is 0.255. The van der Waals surface area contributed by atoms with Gasteiger partial charge in [0, 0.05) is 10.4 Å². The number of rotatable bonds is 11. The summed E-state index contributed by atoms with van der Waals surface area (Å²) in [5.41, 5.74) is 3.88. The maximum absolute atomic E-state index is 9.32. The second kappa shape index (κ2) is 12.6. The van der Waals surface area contributed by atoms with Crippen molar-refractivity contribution in [1.82, 2.24) is 0 Å². The highest BCUT2D eigenvalue weighted by atomic mass is 35.5. The van der Waals surface area contributed by atoms with Crippen molar-refractivity contribution in [1.29, 1.82) is 5.26 Å². The van der Waals surface area contributed by atoms with E-state index >= 15 is 0 Å². The zero-order valence-corrected chi connectivity index (χ0v) is 21.9. The van der Waals surface area contributed by atoms with Crippen molar-refractivity contribution in [3.63, 3.8) is 0 Å². The molecule has 0 radical (unpaired) electrons. The first-order valence-electron chi connectivity index (χ1n) is 11.7. The monoisotopic (exact) mass is 513 g/mol. The molecule has 5 heteroatoms. The van der Waals surface area contributed by atoms with Crippen molar-refractivity contribution < 1.29 is 4.74 Å². The Morgan fingerprint density at radius 3 is 2.29 bits per heavy atom. The van der Waals surface area contributed by atoms with Crippen molar-refractivity contribution >= 4 is 34.8 Å². The average Bonchev–Trinajstić information content (AvgIpc) is 2.85. The second-order valence-electron chi connectivity index (χ2n) is 8.68. The molecule has 0 N–H and O–H groups in total. The minimum Gasteiger partial charge on any atom is -0.373 e. The van der Waals surface area contributed by atoms with E-state index in [1.807, 2.05) is 48.5 Å². The molecule has 0 fully saturated rings.